The van der Waals surface area contributed by atoms with Crippen LogP contribution in [0, 0.1) is 0 Å². The zero-order valence-electron chi connectivity index (χ0n) is 10.7. The van der Waals surface area contributed by atoms with E-state index in [9.17, 15) is 9.59 Å². The molecule has 7 nitrogen and oxygen atoms in total. The fraction of sp³-hybridized carbons (Fsp3) is 0.333. The maximum Gasteiger partial charge on any atom is 0.316 e. The summed E-state index contributed by atoms with van der Waals surface area (Å²) in [5.41, 5.74) is 6.20. The second kappa shape index (κ2) is 7.68. The molecule has 20 heavy (non-hydrogen) atoms. The van der Waals surface area contributed by atoms with Gasteiger partial charge in [-0.15, -0.1) is 12.4 Å². The maximum atomic E-state index is 11.9. The van der Waals surface area contributed by atoms with E-state index in [1.807, 2.05) is 0 Å². The minimum Gasteiger partial charge on any atom is -0.366 e. The van der Waals surface area contributed by atoms with E-state index in [1.165, 1.54) is 0 Å². The van der Waals surface area contributed by atoms with Crippen LogP contribution in [-0.4, -0.2) is 37.7 Å². The number of morpholine rings is 1. The molecular formula is C12H17ClN4O3. The number of rotatable bonds is 3. The molecule has 0 aromatic heterocycles. The third-order valence-electron chi connectivity index (χ3n) is 2.64. The number of halogens is 1. The topological polar surface area (TPSA) is 105 Å². The molecule has 1 aromatic rings. The van der Waals surface area contributed by atoms with Crippen LogP contribution in [0.4, 0.5) is 16.2 Å². The van der Waals surface area contributed by atoms with Crippen molar-refractivity contribution >= 4 is 35.7 Å². The lowest BCUT2D eigenvalue weighted by Crippen LogP contribution is -2.45. The molecule has 0 aliphatic carbocycles. The van der Waals surface area contributed by atoms with Crippen LogP contribution in [0.5, 0.6) is 0 Å². The highest BCUT2D eigenvalue weighted by Crippen LogP contribution is 2.14. The van der Waals surface area contributed by atoms with Gasteiger partial charge in [-0.25, -0.2) is 4.79 Å². The first-order chi connectivity index (χ1) is 9.15. The Morgan fingerprint density at radius 3 is 2.30 bits per heavy atom. The number of amides is 3. The van der Waals surface area contributed by atoms with Gasteiger partial charge in [0.05, 0.1) is 6.61 Å². The van der Waals surface area contributed by atoms with Gasteiger partial charge in [0.25, 0.3) is 5.91 Å². The fourth-order valence-corrected chi connectivity index (χ4v) is 1.74. The highest BCUT2D eigenvalue weighted by Gasteiger charge is 2.21. The van der Waals surface area contributed by atoms with E-state index >= 15 is 0 Å². The van der Waals surface area contributed by atoms with E-state index in [2.05, 4.69) is 16.0 Å². The van der Waals surface area contributed by atoms with Gasteiger partial charge in [-0.05, 0) is 24.3 Å². The molecule has 1 fully saturated rings. The molecule has 8 heteroatoms. The molecule has 1 aromatic carbocycles. The van der Waals surface area contributed by atoms with Crippen molar-refractivity contribution in [3.63, 3.8) is 0 Å². The summed E-state index contributed by atoms with van der Waals surface area (Å²) in [6.45, 7) is 1.80. The van der Waals surface area contributed by atoms with Crippen LogP contribution in [-0.2, 0) is 9.53 Å². The summed E-state index contributed by atoms with van der Waals surface area (Å²) in [6.07, 6.45) is -0.475. The molecule has 5 N–H and O–H groups in total. The molecule has 0 radical (unpaired) electrons. The molecule has 1 unspecified atom stereocenters. The summed E-state index contributed by atoms with van der Waals surface area (Å²) < 4.78 is 5.34. The Balaban J connectivity index is 0.00000200. The van der Waals surface area contributed by atoms with Crippen molar-refractivity contribution < 1.29 is 14.3 Å². The lowest BCUT2D eigenvalue weighted by Gasteiger charge is -2.22. The van der Waals surface area contributed by atoms with Crippen LogP contribution < -0.4 is 21.7 Å². The Morgan fingerprint density at radius 2 is 1.80 bits per heavy atom. The number of hydrogen-bond acceptors (Lipinski definition) is 4. The van der Waals surface area contributed by atoms with Crippen LogP contribution in [0.2, 0.25) is 0 Å². The lowest BCUT2D eigenvalue weighted by molar-refractivity contribution is -0.128. The normalized spacial score (nSPS) is 17.7. The van der Waals surface area contributed by atoms with E-state index in [4.69, 9.17) is 10.5 Å². The van der Waals surface area contributed by atoms with Gasteiger partial charge in [0.1, 0.15) is 6.10 Å². The Hall–Kier alpha value is -1.83. The van der Waals surface area contributed by atoms with Gasteiger partial charge >= 0.3 is 6.03 Å². The van der Waals surface area contributed by atoms with Gasteiger partial charge in [0, 0.05) is 24.5 Å². The summed E-state index contributed by atoms with van der Waals surface area (Å²) in [7, 11) is 0. The van der Waals surface area contributed by atoms with E-state index in [0.717, 1.165) is 6.54 Å². The number of benzene rings is 1. The number of ether oxygens (including phenoxy) is 1. The molecule has 110 valence electrons. The maximum absolute atomic E-state index is 11.9. The third-order valence-corrected chi connectivity index (χ3v) is 2.64. The number of nitrogens with one attached hydrogen (secondary N) is 3. The van der Waals surface area contributed by atoms with Crippen LogP contribution >= 0.6 is 12.4 Å². The predicted molar refractivity (Wildman–Crippen MR) is 78.1 cm³/mol. The summed E-state index contributed by atoms with van der Waals surface area (Å²) in [6, 6.07) is 6.04. The molecule has 1 aliphatic rings. The quantitative estimate of drug-likeness (QED) is 0.653. The minimum atomic E-state index is -0.626. The van der Waals surface area contributed by atoms with E-state index in [-0.39, 0.29) is 18.3 Å². The van der Waals surface area contributed by atoms with Crippen molar-refractivity contribution in [2.75, 3.05) is 30.3 Å². The van der Waals surface area contributed by atoms with Crippen molar-refractivity contribution in [3.8, 4) is 0 Å². The zero-order chi connectivity index (χ0) is 13.7. The number of anilines is 2. The summed E-state index contributed by atoms with van der Waals surface area (Å²) in [5, 5.41) is 8.27. The van der Waals surface area contributed by atoms with Crippen molar-refractivity contribution in [1.29, 1.82) is 0 Å². The summed E-state index contributed by atoms with van der Waals surface area (Å²) in [4.78, 5) is 22.5. The van der Waals surface area contributed by atoms with Crippen molar-refractivity contribution in [3.05, 3.63) is 24.3 Å². The molecule has 1 heterocycles. The molecule has 2 rings (SSSR count). The second-order valence-electron chi connectivity index (χ2n) is 4.12. The molecule has 1 atom stereocenters. The highest BCUT2D eigenvalue weighted by atomic mass is 35.5. The Morgan fingerprint density at radius 1 is 1.20 bits per heavy atom. The lowest BCUT2D eigenvalue weighted by atomic mass is 10.2. The molecule has 3 amide bonds. The number of hydrogen-bond donors (Lipinski definition) is 4. The molecular weight excluding hydrogens is 284 g/mol. The van der Waals surface area contributed by atoms with Gasteiger partial charge in [-0.2, -0.15) is 0 Å². The van der Waals surface area contributed by atoms with Crippen LogP contribution in [0.1, 0.15) is 0 Å². The minimum absolute atomic E-state index is 0. The number of carbonyl (C=O) groups is 2. The van der Waals surface area contributed by atoms with Crippen molar-refractivity contribution in [2.45, 2.75) is 6.10 Å². The van der Waals surface area contributed by atoms with E-state index in [0.29, 0.717) is 24.5 Å². The highest BCUT2D eigenvalue weighted by molar-refractivity contribution is 5.95. The zero-order valence-corrected chi connectivity index (χ0v) is 11.5. The van der Waals surface area contributed by atoms with Crippen LogP contribution in [0.25, 0.3) is 0 Å². The smallest absolute Gasteiger partial charge is 0.316 e. The second-order valence-corrected chi connectivity index (χ2v) is 4.12. The Kier molecular flexibility index (Phi) is 6.23. The van der Waals surface area contributed by atoms with Gasteiger partial charge in [0.2, 0.25) is 0 Å². The summed E-state index contributed by atoms with van der Waals surface area (Å²) >= 11 is 0. The average Bonchev–Trinajstić information content (AvgIpc) is 2.41. The molecule has 0 saturated carbocycles. The molecule has 0 bridgehead atoms. The van der Waals surface area contributed by atoms with E-state index in [1.54, 1.807) is 24.3 Å². The number of primary amides is 1. The number of nitrogens with two attached hydrogens (primary N) is 1. The molecule has 1 saturated heterocycles. The van der Waals surface area contributed by atoms with Gasteiger partial charge in [-0.1, -0.05) is 0 Å². The van der Waals surface area contributed by atoms with Crippen LogP contribution in [0.3, 0.4) is 0 Å². The fourth-order valence-electron chi connectivity index (χ4n) is 1.74. The summed E-state index contributed by atoms with van der Waals surface area (Å²) in [5.74, 6) is -0.192. The average molecular weight is 301 g/mol. The first kappa shape index (κ1) is 16.2. The van der Waals surface area contributed by atoms with Crippen molar-refractivity contribution in [2.24, 2.45) is 5.73 Å². The Bertz CT molecular complexity index is 460. The standard InChI is InChI=1S/C12H16N4O3.ClH/c13-12(18)16-9-3-1-8(2-4-9)15-11(17)10-7-14-5-6-19-10;/h1-4,10,14H,5-7H2,(H,15,17)(H3,13,16,18);1H. The van der Waals surface area contributed by atoms with Crippen molar-refractivity contribution in [1.82, 2.24) is 5.32 Å². The van der Waals surface area contributed by atoms with Gasteiger partial charge in [-0.3, -0.25) is 4.79 Å². The predicted octanol–water partition coefficient (Wildman–Crippen LogP) is 0.526. The molecule has 1 aliphatic heterocycles. The first-order valence-electron chi connectivity index (χ1n) is 5.95. The largest absolute Gasteiger partial charge is 0.366 e. The third kappa shape index (κ3) is 4.69. The van der Waals surface area contributed by atoms with E-state index < -0.39 is 12.1 Å². The van der Waals surface area contributed by atoms with Crippen LogP contribution in [0.15, 0.2) is 24.3 Å². The number of urea groups is 1. The molecule has 0 spiro atoms. The SMILES string of the molecule is Cl.NC(=O)Nc1ccc(NC(=O)C2CNCCO2)cc1. The Labute approximate surface area is 122 Å². The first-order valence-corrected chi connectivity index (χ1v) is 5.95. The van der Waals surface area contributed by atoms with Gasteiger partial charge in [0.15, 0.2) is 0 Å². The van der Waals surface area contributed by atoms with Gasteiger partial charge < -0.3 is 26.4 Å². The monoisotopic (exact) mass is 300 g/mol. The number of carbonyl (C=O) groups excluding carboxylic acids is 2.